The normalized spacial score (nSPS) is 12.1. The Bertz CT molecular complexity index is 545. The van der Waals surface area contributed by atoms with Crippen LogP contribution in [0.5, 0.6) is 0 Å². The number of aryl methyl sites for hydroxylation is 1. The second kappa shape index (κ2) is 16.2. The van der Waals surface area contributed by atoms with Crippen LogP contribution in [-0.2, 0) is 0 Å². The summed E-state index contributed by atoms with van der Waals surface area (Å²) in [5, 5.41) is 4.69. The highest BCUT2D eigenvalue weighted by molar-refractivity contribution is 7.99. The van der Waals surface area contributed by atoms with Gasteiger partial charge in [-0.15, -0.1) is 11.8 Å². The zero-order chi connectivity index (χ0) is 20.6. The van der Waals surface area contributed by atoms with E-state index in [1.54, 1.807) is 11.8 Å². The van der Waals surface area contributed by atoms with Gasteiger partial charge in [0, 0.05) is 12.1 Å². The lowest BCUT2D eigenvalue weighted by Crippen LogP contribution is -2.22. The summed E-state index contributed by atoms with van der Waals surface area (Å²) < 4.78 is 0. The molecule has 1 aromatic heterocycles. The van der Waals surface area contributed by atoms with Crippen molar-refractivity contribution in [2.75, 3.05) is 11.1 Å². The molecule has 1 atom stereocenters. The number of rotatable bonds is 16. The second-order valence-electron chi connectivity index (χ2n) is 7.83. The van der Waals surface area contributed by atoms with E-state index in [0.717, 1.165) is 21.5 Å². The Morgan fingerprint density at radius 1 is 0.964 bits per heavy atom. The lowest BCUT2D eigenvalue weighted by atomic mass is 9.94. The van der Waals surface area contributed by atoms with Gasteiger partial charge >= 0.3 is 0 Å². The number of hydrogen-bond donors (Lipinski definition) is 1. The predicted octanol–water partition coefficient (Wildman–Crippen LogP) is 8.58. The summed E-state index contributed by atoms with van der Waals surface area (Å²) in [6.45, 7) is 8.88. The molecule has 1 aromatic rings. The van der Waals surface area contributed by atoms with Crippen LogP contribution in [0, 0.1) is 12.8 Å². The molecular weight excluding hydrogens is 380 g/mol. The maximum atomic E-state index is 5.91. The lowest BCUT2D eigenvalue weighted by Gasteiger charge is -2.21. The van der Waals surface area contributed by atoms with Gasteiger partial charge in [-0.3, -0.25) is 0 Å². The number of nitrogens with zero attached hydrogens (tertiary/aromatic N) is 1. The van der Waals surface area contributed by atoms with Crippen molar-refractivity contribution in [3.8, 4) is 0 Å². The van der Waals surface area contributed by atoms with E-state index in [1.807, 2.05) is 6.20 Å². The Hall–Kier alpha value is -0.610. The molecule has 1 N–H and O–H groups in total. The van der Waals surface area contributed by atoms with Crippen molar-refractivity contribution in [1.82, 2.24) is 4.98 Å². The average molecular weight is 423 g/mol. The fraction of sp³-hybridized carbons (Fsp3) is 0.750. The fourth-order valence-electron chi connectivity index (χ4n) is 3.55. The van der Waals surface area contributed by atoms with Crippen LogP contribution in [0.2, 0.25) is 0 Å². The molecule has 0 aliphatic heterocycles. The molecule has 4 heteroatoms. The molecule has 0 bridgehead atoms. The summed E-state index contributed by atoms with van der Waals surface area (Å²) in [4.78, 5) is 5.60. The minimum Gasteiger partial charge on any atom is -0.347 e. The molecule has 2 nitrogen and oxygen atoms in total. The van der Waals surface area contributed by atoms with Crippen LogP contribution >= 0.6 is 24.0 Å². The van der Waals surface area contributed by atoms with E-state index >= 15 is 0 Å². The van der Waals surface area contributed by atoms with E-state index in [4.69, 9.17) is 12.2 Å². The van der Waals surface area contributed by atoms with Crippen molar-refractivity contribution in [3.05, 3.63) is 17.8 Å². The van der Waals surface area contributed by atoms with E-state index in [0.29, 0.717) is 5.92 Å². The molecule has 28 heavy (non-hydrogen) atoms. The lowest BCUT2D eigenvalue weighted by molar-refractivity contribution is 0.491. The highest BCUT2D eigenvalue weighted by Crippen LogP contribution is 2.29. The zero-order valence-electron chi connectivity index (χ0n) is 18.7. The Morgan fingerprint density at radius 2 is 1.54 bits per heavy atom. The van der Waals surface area contributed by atoms with E-state index in [1.165, 1.54) is 82.6 Å². The van der Waals surface area contributed by atoms with Crippen LogP contribution < -0.4 is 5.32 Å². The van der Waals surface area contributed by atoms with E-state index < -0.39 is 0 Å². The van der Waals surface area contributed by atoms with Crippen LogP contribution in [0.15, 0.2) is 17.3 Å². The molecular formula is C24H42N2S2. The maximum absolute atomic E-state index is 5.91. The summed E-state index contributed by atoms with van der Waals surface area (Å²) in [7, 11) is 0. The number of unbranched alkanes of at least 4 members (excludes halogenated alkanes) is 8. The monoisotopic (exact) mass is 422 g/mol. The summed E-state index contributed by atoms with van der Waals surface area (Å²) in [5.74, 6) is 1.52. The predicted molar refractivity (Wildman–Crippen MR) is 132 cm³/mol. The third kappa shape index (κ3) is 10.2. The molecule has 1 unspecified atom stereocenters. The second-order valence-corrected chi connectivity index (χ2v) is 9.53. The van der Waals surface area contributed by atoms with E-state index in [2.05, 4.69) is 44.1 Å². The average Bonchev–Trinajstić information content (AvgIpc) is 2.69. The number of thiocarbonyl (C=S) groups is 1. The van der Waals surface area contributed by atoms with Crippen molar-refractivity contribution in [3.63, 3.8) is 0 Å². The largest absolute Gasteiger partial charge is 0.347 e. The fourth-order valence-corrected chi connectivity index (χ4v) is 4.65. The van der Waals surface area contributed by atoms with Crippen molar-refractivity contribution in [2.45, 2.75) is 110 Å². The number of aromatic nitrogens is 1. The topological polar surface area (TPSA) is 24.9 Å². The van der Waals surface area contributed by atoms with Gasteiger partial charge in [-0.1, -0.05) is 97.2 Å². The summed E-state index contributed by atoms with van der Waals surface area (Å²) in [6, 6.07) is 2.08. The Morgan fingerprint density at radius 3 is 2.14 bits per heavy atom. The minimum absolute atomic E-state index is 0.497. The number of thioether (sulfide) groups is 1. The number of pyridine rings is 1. The first kappa shape index (κ1) is 25.4. The van der Waals surface area contributed by atoms with Crippen LogP contribution in [-0.4, -0.2) is 15.7 Å². The molecule has 0 aromatic carbocycles. The van der Waals surface area contributed by atoms with Crippen LogP contribution in [0.3, 0.4) is 0 Å². The molecule has 0 spiro atoms. The summed E-state index contributed by atoms with van der Waals surface area (Å²) >= 11 is 7.70. The molecule has 0 radical (unpaired) electrons. The Balaban J connectivity index is 2.67. The number of anilines is 1. The first-order chi connectivity index (χ1) is 13.6. The van der Waals surface area contributed by atoms with Gasteiger partial charge in [0.15, 0.2) is 0 Å². The molecule has 0 amide bonds. The van der Waals surface area contributed by atoms with Gasteiger partial charge in [0.05, 0.1) is 10.7 Å². The Labute approximate surface area is 184 Å². The molecule has 0 saturated heterocycles. The molecule has 0 aliphatic carbocycles. The zero-order valence-corrected chi connectivity index (χ0v) is 20.3. The smallest absolute Gasteiger partial charge is 0.120 e. The van der Waals surface area contributed by atoms with Crippen LogP contribution in [0.1, 0.15) is 103 Å². The molecule has 1 rings (SSSR count). The third-order valence-corrected chi connectivity index (χ3v) is 6.64. The van der Waals surface area contributed by atoms with E-state index in [9.17, 15) is 0 Å². The molecule has 0 fully saturated rings. The third-order valence-electron chi connectivity index (χ3n) is 5.34. The molecule has 1 heterocycles. The molecule has 0 saturated carbocycles. The number of nitrogens with one attached hydrogen (secondary N) is 1. The Kier molecular flexibility index (Phi) is 14.7. The van der Waals surface area contributed by atoms with Crippen molar-refractivity contribution in [2.24, 2.45) is 5.92 Å². The van der Waals surface area contributed by atoms with Gasteiger partial charge in [0.1, 0.15) is 5.03 Å². The van der Waals surface area contributed by atoms with Gasteiger partial charge in [-0.2, -0.15) is 0 Å². The number of hydrogen-bond acceptors (Lipinski definition) is 3. The van der Waals surface area contributed by atoms with E-state index in [-0.39, 0.29) is 0 Å². The first-order valence-electron chi connectivity index (χ1n) is 11.5. The molecule has 160 valence electrons. The van der Waals surface area contributed by atoms with Crippen molar-refractivity contribution >= 4 is 34.7 Å². The highest BCUT2D eigenvalue weighted by Gasteiger charge is 2.17. The van der Waals surface area contributed by atoms with Crippen molar-refractivity contribution < 1.29 is 0 Å². The van der Waals surface area contributed by atoms with Crippen molar-refractivity contribution in [1.29, 1.82) is 0 Å². The quantitative estimate of drug-likeness (QED) is 0.164. The standard InChI is InChI=1S/C24H42N2S2/c1-5-8-10-12-13-15-17-21(16-14-11-9-6-2)23(27)26-22-20(4)18-19-25-24(22)28-7-3/h18-19,21H,5-17H2,1-4H3,(H,26,27). The van der Waals surface area contributed by atoms with Gasteiger partial charge in [-0.05, 0) is 37.1 Å². The highest BCUT2D eigenvalue weighted by atomic mass is 32.2. The van der Waals surface area contributed by atoms with Gasteiger partial charge in [0.25, 0.3) is 0 Å². The first-order valence-corrected chi connectivity index (χ1v) is 12.9. The van der Waals surface area contributed by atoms with Gasteiger partial charge < -0.3 is 5.32 Å². The summed E-state index contributed by atoms with van der Waals surface area (Å²) in [5.41, 5.74) is 2.36. The van der Waals surface area contributed by atoms with Gasteiger partial charge in [-0.25, -0.2) is 4.98 Å². The van der Waals surface area contributed by atoms with Crippen LogP contribution in [0.4, 0.5) is 5.69 Å². The summed E-state index contributed by atoms with van der Waals surface area (Å²) in [6.07, 6.45) is 17.7. The minimum atomic E-state index is 0.497. The van der Waals surface area contributed by atoms with Gasteiger partial charge in [0.2, 0.25) is 0 Å². The van der Waals surface area contributed by atoms with Crippen LogP contribution in [0.25, 0.3) is 0 Å². The SMILES string of the molecule is CCCCCCCCC(CCCCCC)C(=S)Nc1c(C)ccnc1SCC. The molecule has 0 aliphatic rings. The maximum Gasteiger partial charge on any atom is 0.120 e.